The van der Waals surface area contributed by atoms with Crippen LogP contribution in [0, 0.1) is 0 Å². The molecular formula is C17H14BrNO4S. The molecule has 124 valence electrons. The fraction of sp³-hybridized carbons (Fsp3) is 0.235. The number of amides is 1. The Balaban J connectivity index is 1.65. The van der Waals surface area contributed by atoms with E-state index in [1.165, 1.54) is 11.3 Å². The van der Waals surface area contributed by atoms with E-state index in [-0.39, 0.29) is 18.3 Å². The van der Waals surface area contributed by atoms with Crippen LogP contribution in [0.2, 0.25) is 0 Å². The molecule has 5 nitrogen and oxygen atoms in total. The van der Waals surface area contributed by atoms with Gasteiger partial charge in [-0.3, -0.25) is 9.59 Å². The van der Waals surface area contributed by atoms with Gasteiger partial charge in [0.05, 0.1) is 14.2 Å². The number of ether oxygens (including phenoxy) is 1. The minimum absolute atomic E-state index is 0.0546. The van der Waals surface area contributed by atoms with E-state index in [0.717, 1.165) is 10.2 Å². The lowest BCUT2D eigenvalue weighted by atomic mass is 10.2. The first-order valence-electron chi connectivity index (χ1n) is 7.41. The van der Waals surface area contributed by atoms with Crippen LogP contribution < -0.4 is 4.90 Å². The van der Waals surface area contributed by atoms with E-state index < -0.39 is 5.97 Å². The van der Waals surface area contributed by atoms with Crippen molar-refractivity contribution in [1.82, 2.24) is 0 Å². The van der Waals surface area contributed by atoms with Gasteiger partial charge in [0.1, 0.15) is 0 Å². The van der Waals surface area contributed by atoms with Crippen LogP contribution in [0.3, 0.4) is 0 Å². The van der Waals surface area contributed by atoms with Crippen molar-refractivity contribution in [2.24, 2.45) is 0 Å². The van der Waals surface area contributed by atoms with Crippen LogP contribution in [0.15, 0.2) is 40.2 Å². The molecule has 3 rings (SSSR count). The van der Waals surface area contributed by atoms with Gasteiger partial charge in [-0.15, -0.1) is 11.3 Å². The fourth-order valence-corrected chi connectivity index (χ4v) is 3.78. The zero-order valence-electron chi connectivity index (χ0n) is 12.7. The minimum atomic E-state index is -0.576. The molecule has 1 aliphatic rings. The molecule has 1 aromatic heterocycles. The van der Waals surface area contributed by atoms with E-state index in [0.29, 0.717) is 29.1 Å². The highest BCUT2D eigenvalue weighted by atomic mass is 79.9. The topological polar surface area (TPSA) is 63.7 Å². The first-order valence-corrected chi connectivity index (χ1v) is 9.01. The average molecular weight is 408 g/mol. The molecule has 2 aromatic rings. The van der Waals surface area contributed by atoms with Crippen molar-refractivity contribution in [3.8, 4) is 0 Å². The summed E-state index contributed by atoms with van der Waals surface area (Å²) in [7, 11) is 0. The number of nitrogens with zero attached hydrogens (tertiary/aromatic N) is 1. The SMILES string of the molecule is O=C(OCC(=O)c1ccc(Br)s1)c1cccc(N2CCCC2=O)c1. The van der Waals surface area contributed by atoms with Crippen molar-refractivity contribution < 1.29 is 19.1 Å². The zero-order chi connectivity index (χ0) is 17.1. The molecule has 2 heterocycles. The molecule has 0 unspecified atom stereocenters. The molecule has 24 heavy (non-hydrogen) atoms. The Labute approximate surface area is 151 Å². The summed E-state index contributed by atoms with van der Waals surface area (Å²) in [6.45, 7) is 0.349. The van der Waals surface area contributed by atoms with Crippen LogP contribution in [0.4, 0.5) is 5.69 Å². The highest BCUT2D eigenvalue weighted by molar-refractivity contribution is 9.11. The second-order valence-corrected chi connectivity index (χ2v) is 7.77. The molecule has 0 atom stereocenters. The van der Waals surface area contributed by atoms with Gasteiger partial charge >= 0.3 is 5.97 Å². The number of anilines is 1. The number of halogens is 1. The van der Waals surface area contributed by atoms with E-state index >= 15 is 0 Å². The summed E-state index contributed by atoms with van der Waals surface area (Å²) in [6.07, 6.45) is 1.35. The molecule has 0 saturated carbocycles. The molecule has 1 saturated heterocycles. The first-order chi connectivity index (χ1) is 11.5. The van der Waals surface area contributed by atoms with Crippen molar-refractivity contribution in [2.75, 3.05) is 18.1 Å². The molecule has 1 aliphatic heterocycles. The lowest BCUT2D eigenvalue weighted by Gasteiger charge is -2.16. The van der Waals surface area contributed by atoms with Crippen LogP contribution in [0.1, 0.15) is 32.9 Å². The van der Waals surface area contributed by atoms with Crippen LogP contribution in [0.5, 0.6) is 0 Å². The van der Waals surface area contributed by atoms with Crippen molar-refractivity contribution in [3.05, 3.63) is 50.6 Å². The number of esters is 1. The van der Waals surface area contributed by atoms with E-state index in [2.05, 4.69) is 15.9 Å². The van der Waals surface area contributed by atoms with Crippen LogP contribution in [-0.2, 0) is 9.53 Å². The molecule has 0 bridgehead atoms. The van der Waals surface area contributed by atoms with Crippen molar-refractivity contribution >= 4 is 50.6 Å². The molecule has 1 aromatic carbocycles. The van der Waals surface area contributed by atoms with Crippen LogP contribution in [-0.4, -0.2) is 30.8 Å². The third kappa shape index (κ3) is 3.73. The van der Waals surface area contributed by atoms with Gasteiger partial charge in [-0.25, -0.2) is 4.79 Å². The standard InChI is InChI=1S/C17H14BrNO4S/c18-15-7-6-14(24-15)13(20)10-23-17(22)11-3-1-4-12(9-11)19-8-2-5-16(19)21/h1,3-4,6-7,9H,2,5,8,10H2. The number of carbonyl (C=O) groups is 3. The summed E-state index contributed by atoms with van der Waals surface area (Å²) in [5.41, 5.74) is 1.01. The van der Waals surface area contributed by atoms with Crippen LogP contribution in [0.25, 0.3) is 0 Å². The predicted molar refractivity (Wildman–Crippen MR) is 94.7 cm³/mol. The number of thiophene rings is 1. The molecule has 1 fully saturated rings. The summed E-state index contributed by atoms with van der Waals surface area (Å²) < 4.78 is 5.94. The lowest BCUT2D eigenvalue weighted by molar-refractivity contribution is -0.117. The number of ketones is 1. The van der Waals surface area contributed by atoms with Crippen molar-refractivity contribution in [2.45, 2.75) is 12.8 Å². The Morgan fingerprint density at radius 2 is 2.08 bits per heavy atom. The monoisotopic (exact) mass is 407 g/mol. The van der Waals surface area contributed by atoms with Gasteiger partial charge in [0.25, 0.3) is 0 Å². The number of benzene rings is 1. The first kappa shape index (κ1) is 16.9. The average Bonchev–Trinajstić information content (AvgIpc) is 3.21. The van der Waals surface area contributed by atoms with Crippen molar-refractivity contribution in [3.63, 3.8) is 0 Å². The Morgan fingerprint density at radius 3 is 2.75 bits per heavy atom. The second-order valence-electron chi connectivity index (χ2n) is 5.30. The number of hydrogen-bond donors (Lipinski definition) is 0. The van der Waals surface area contributed by atoms with E-state index in [9.17, 15) is 14.4 Å². The summed E-state index contributed by atoms with van der Waals surface area (Å²) in [6, 6.07) is 10.2. The number of carbonyl (C=O) groups excluding carboxylic acids is 3. The van der Waals surface area contributed by atoms with Gasteiger partial charge in [-0.05, 0) is 52.7 Å². The quantitative estimate of drug-likeness (QED) is 0.560. The summed E-state index contributed by atoms with van der Waals surface area (Å²) in [5.74, 6) is -0.767. The van der Waals surface area contributed by atoms with Gasteiger partial charge in [0.15, 0.2) is 6.61 Å². The summed E-state index contributed by atoms with van der Waals surface area (Å²) in [5, 5.41) is 0. The zero-order valence-corrected chi connectivity index (χ0v) is 15.1. The second kappa shape index (κ2) is 7.27. The minimum Gasteiger partial charge on any atom is -0.454 e. The third-order valence-corrected chi connectivity index (χ3v) is 5.31. The summed E-state index contributed by atoms with van der Waals surface area (Å²) in [4.78, 5) is 38.1. The molecule has 0 aliphatic carbocycles. The Morgan fingerprint density at radius 1 is 1.25 bits per heavy atom. The van der Waals surface area contributed by atoms with E-state index in [1.807, 2.05) is 0 Å². The van der Waals surface area contributed by atoms with Gasteiger partial charge in [-0.2, -0.15) is 0 Å². The Kier molecular flexibility index (Phi) is 5.11. The highest BCUT2D eigenvalue weighted by Gasteiger charge is 2.22. The maximum Gasteiger partial charge on any atom is 0.338 e. The number of hydrogen-bond acceptors (Lipinski definition) is 5. The smallest absolute Gasteiger partial charge is 0.338 e. The molecule has 1 amide bonds. The third-order valence-electron chi connectivity index (χ3n) is 3.65. The summed E-state index contributed by atoms with van der Waals surface area (Å²) >= 11 is 4.58. The molecule has 0 radical (unpaired) electrons. The van der Waals surface area contributed by atoms with Gasteiger partial charge in [0.2, 0.25) is 11.7 Å². The van der Waals surface area contributed by atoms with Gasteiger partial charge < -0.3 is 9.64 Å². The largest absolute Gasteiger partial charge is 0.454 e. The van der Waals surface area contributed by atoms with Gasteiger partial charge in [0, 0.05) is 18.7 Å². The predicted octanol–water partition coefficient (Wildman–Crippen LogP) is 3.68. The highest BCUT2D eigenvalue weighted by Crippen LogP contribution is 2.24. The van der Waals surface area contributed by atoms with Gasteiger partial charge in [-0.1, -0.05) is 6.07 Å². The molecular weight excluding hydrogens is 394 g/mol. The normalized spacial score (nSPS) is 14.0. The number of rotatable bonds is 5. The maximum absolute atomic E-state index is 12.2. The van der Waals surface area contributed by atoms with Crippen LogP contribution >= 0.6 is 27.3 Å². The lowest BCUT2D eigenvalue weighted by Crippen LogP contribution is -2.24. The molecule has 7 heteroatoms. The van der Waals surface area contributed by atoms with E-state index in [4.69, 9.17) is 4.74 Å². The molecule has 0 spiro atoms. The Hall–Kier alpha value is -1.99. The molecule has 0 N–H and O–H groups in total. The Bertz CT molecular complexity index is 801. The fourth-order valence-electron chi connectivity index (χ4n) is 2.47. The maximum atomic E-state index is 12.2. The van der Waals surface area contributed by atoms with E-state index in [1.54, 1.807) is 41.3 Å². The van der Waals surface area contributed by atoms with Crippen molar-refractivity contribution in [1.29, 1.82) is 0 Å². The number of Topliss-reactive ketones (excluding diaryl/α,β-unsaturated/α-hetero) is 1.